The van der Waals surface area contributed by atoms with Crippen molar-refractivity contribution in [3.8, 4) is 0 Å². The molecule has 0 saturated heterocycles. The average Bonchev–Trinajstić information content (AvgIpc) is 2.89. The molecule has 2 rings (SSSR count). The molecule has 1 aliphatic rings. The quantitative estimate of drug-likeness (QED) is 0.883. The number of carboxylic acid groups (broad SMARTS) is 1. The minimum absolute atomic E-state index is 0.0624. The molecule has 0 aliphatic heterocycles. The lowest BCUT2D eigenvalue weighted by molar-refractivity contribution is -0.146. The van der Waals surface area contributed by atoms with Crippen molar-refractivity contribution in [3.05, 3.63) is 34.1 Å². The summed E-state index contributed by atoms with van der Waals surface area (Å²) in [5.74, 6) is -2.77. The Balaban J connectivity index is 1.98. The third-order valence-corrected chi connectivity index (χ3v) is 4.12. The molecule has 1 aliphatic carbocycles. The van der Waals surface area contributed by atoms with E-state index < -0.39 is 23.6 Å². The zero-order chi connectivity index (χ0) is 14.7. The van der Waals surface area contributed by atoms with E-state index in [9.17, 15) is 14.0 Å². The topological polar surface area (TPSA) is 66.4 Å². The summed E-state index contributed by atoms with van der Waals surface area (Å²) >= 11 is 3.24. The fourth-order valence-corrected chi connectivity index (χ4v) is 2.97. The molecule has 1 amide bonds. The average molecular weight is 344 g/mol. The maximum atomic E-state index is 13.5. The highest BCUT2D eigenvalue weighted by Crippen LogP contribution is 2.32. The summed E-state index contributed by atoms with van der Waals surface area (Å²) < 4.78 is 14.3. The highest BCUT2D eigenvalue weighted by Gasteiger charge is 2.37. The van der Waals surface area contributed by atoms with E-state index in [0.717, 1.165) is 10.9 Å². The summed E-state index contributed by atoms with van der Waals surface area (Å²) in [4.78, 5) is 23.1. The summed E-state index contributed by atoms with van der Waals surface area (Å²) in [5.41, 5.74) is 0.373. The summed E-state index contributed by atoms with van der Waals surface area (Å²) in [6, 6.07) is 4.50. The fourth-order valence-electron chi connectivity index (χ4n) is 2.56. The van der Waals surface area contributed by atoms with Crippen LogP contribution >= 0.6 is 15.9 Å². The van der Waals surface area contributed by atoms with E-state index in [2.05, 4.69) is 21.2 Å². The first-order valence-corrected chi connectivity index (χ1v) is 7.23. The molecule has 1 aromatic rings. The fraction of sp³-hybridized carbons (Fsp3) is 0.429. The van der Waals surface area contributed by atoms with Crippen LogP contribution < -0.4 is 5.32 Å². The van der Waals surface area contributed by atoms with E-state index in [4.69, 9.17) is 5.11 Å². The van der Waals surface area contributed by atoms with Gasteiger partial charge in [0.25, 0.3) is 0 Å². The van der Waals surface area contributed by atoms with Crippen LogP contribution in [0.25, 0.3) is 0 Å². The van der Waals surface area contributed by atoms with Crippen molar-refractivity contribution in [1.29, 1.82) is 0 Å². The predicted molar refractivity (Wildman–Crippen MR) is 74.4 cm³/mol. The maximum absolute atomic E-state index is 13.5. The molecule has 1 fully saturated rings. The number of hydrogen-bond donors (Lipinski definition) is 2. The van der Waals surface area contributed by atoms with Gasteiger partial charge in [-0.05, 0) is 31.0 Å². The zero-order valence-corrected chi connectivity index (χ0v) is 12.3. The highest BCUT2D eigenvalue weighted by atomic mass is 79.9. The molecule has 6 heteroatoms. The van der Waals surface area contributed by atoms with Crippen LogP contribution in [0.2, 0.25) is 0 Å². The number of carbonyl (C=O) groups excluding carboxylic acids is 1. The molecule has 1 aromatic carbocycles. The second-order valence-corrected chi connectivity index (χ2v) is 5.85. The van der Waals surface area contributed by atoms with Gasteiger partial charge in [0, 0.05) is 16.6 Å². The molecule has 4 nitrogen and oxygen atoms in total. The van der Waals surface area contributed by atoms with Gasteiger partial charge in [-0.3, -0.25) is 9.59 Å². The molecule has 0 radical (unpaired) electrons. The number of amides is 1. The minimum atomic E-state index is -0.934. The largest absolute Gasteiger partial charge is 0.481 e. The van der Waals surface area contributed by atoms with E-state index >= 15 is 0 Å². The summed E-state index contributed by atoms with van der Waals surface area (Å²) in [6.45, 7) is 0.0624. The number of halogens is 2. The van der Waals surface area contributed by atoms with Crippen LogP contribution in [0.3, 0.4) is 0 Å². The Labute approximate surface area is 124 Å². The number of benzene rings is 1. The van der Waals surface area contributed by atoms with Gasteiger partial charge < -0.3 is 10.4 Å². The number of rotatable bonds is 4. The molecular formula is C14H15BrFNO3. The van der Waals surface area contributed by atoms with Crippen LogP contribution in [0.4, 0.5) is 4.39 Å². The molecule has 0 spiro atoms. The van der Waals surface area contributed by atoms with Crippen LogP contribution in [0.5, 0.6) is 0 Å². The normalized spacial score (nSPS) is 21.7. The number of hydrogen-bond acceptors (Lipinski definition) is 2. The minimum Gasteiger partial charge on any atom is -0.481 e. The van der Waals surface area contributed by atoms with E-state index in [1.165, 1.54) is 6.07 Å². The van der Waals surface area contributed by atoms with Crippen LogP contribution in [-0.2, 0) is 16.1 Å². The molecule has 0 bridgehead atoms. The molecule has 1 saturated carbocycles. The van der Waals surface area contributed by atoms with Gasteiger partial charge in [0.15, 0.2) is 0 Å². The summed E-state index contributed by atoms with van der Waals surface area (Å²) in [5, 5.41) is 11.7. The van der Waals surface area contributed by atoms with E-state index in [1.54, 1.807) is 12.1 Å². The highest BCUT2D eigenvalue weighted by molar-refractivity contribution is 9.10. The van der Waals surface area contributed by atoms with Gasteiger partial charge in [-0.1, -0.05) is 22.4 Å². The Morgan fingerprint density at radius 2 is 2.05 bits per heavy atom. The second kappa shape index (κ2) is 6.35. The predicted octanol–water partition coefficient (Wildman–Crippen LogP) is 2.71. The zero-order valence-electron chi connectivity index (χ0n) is 10.7. The third-order valence-electron chi connectivity index (χ3n) is 3.63. The van der Waals surface area contributed by atoms with Crippen molar-refractivity contribution < 1.29 is 19.1 Å². The van der Waals surface area contributed by atoms with E-state index in [0.29, 0.717) is 18.4 Å². The van der Waals surface area contributed by atoms with Gasteiger partial charge in [0.2, 0.25) is 5.91 Å². The Morgan fingerprint density at radius 3 is 2.75 bits per heavy atom. The van der Waals surface area contributed by atoms with Crippen molar-refractivity contribution in [3.63, 3.8) is 0 Å². The number of carbonyl (C=O) groups is 2. The van der Waals surface area contributed by atoms with Gasteiger partial charge in [0.05, 0.1) is 11.8 Å². The van der Waals surface area contributed by atoms with Crippen molar-refractivity contribution in [1.82, 2.24) is 5.32 Å². The first-order valence-electron chi connectivity index (χ1n) is 6.43. The summed E-state index contributed by atoms with van der Waals surface area (Å²) in [6.07, 6.45) is 1.84. The molecule has 108 valence electrons. The monoisotopic (exact) mass is 343 g/mol. The molecule has 2 N–H and O–H groups in total. The molecule has 20 heavy (non-hydrogen) atoms. The number of carboxylic acids is 1. The molecular weight excluding hydrogens is 329 g/mol. The van der Waals surface area contributed by atoms with Crippen molar-refractivity contribution >= 4 is 27.8 Å². The van der Waals surface area contributed by atoms with Crippen LogP contribution in [0, 0.1) is 17.7 Å². The molecule has 0 aromatic heterocycles. The number of nitrogens with one attached hydrogen (secondary N) is 1. The lowest BCUT2D eigenvalue weighted by Gasteiger charge is -2.15. The SMILES string of the molecule is O=C(O)C1CCCC1C(=O)NCc1cc(Br)ccc1F. The Kier molecular flexibility index (Phi) is 4.75. The van der Waals surface area contributed by atoms with Gasteiger partial charge >= 0.3 is 5.97 Å². The Morgan fingerprint density at radius 1 is 1.35 bits per heavy atom. The summed E-state index contributed by atoms with van der Waals surface area (Å²) in [7, 11) is 0. The van der Waals surface area contributed by atoms with Crippen LogP contribution in [0.15, 0.2) is 22.7 Å². The molecule has 2 atom stereocenters. The van der Waals surface area contributed by atoms with Crippen LogP contribution in [-0.4, -0.2) is 17.0 Å². The standard InChI is InChI=1S/C14H15BrFNO3/c15-9-4-5-12(16)8(6-9)7-17-13(18)10-2-1-3-11(10)14(19)20/h4-6,10-11H,1-3,7H2,(H,17,18)(H,19,20). The van der Waals surface area contributed by atoms with Crippen molar-refractivity contribution in [2.75, 3.05) is 0 Å². The first-order chi connectivity index (χ1) is 9.49. The number of aliphatic carboxylic acids is 1. The van der Waals surface area contributed by atoms with E-state index in [1.807, 2.05) is 0 Å². The van der Waals surface area contributed by atoms with Gasteiger partial charge in [-0.2, -0.15) is 0 Å². The van der Waals surface area contributed by atoms with Gasteiger partial charge in [0.1, 0.15) is 5.82 Å². The second-order valence-electron chi connectivity index (χ2n) is 4.94. The van der Waals surface area contributed by atoms with Crippen LogP contribution in [0.1, 0.15) is 24.8 Å². The first kappa shape index (κ1) is 15.0. The van der Waals surface area contributed by atoms with E-state index in [-0.39, 0.29) is 12.5 Å². The molecule has 0 heterocycles. The smallest absolute Gasteiger partial charge is 0.307 e. The Bertz CT molecular complexity index is 535. The van der Waals surface area contributed by atoms with Gasteiger partial charge in [-0.15, -0.1) is 0 Å². The van der Waals surface area contributed by atoms with Gasteiger partial charge in [-0.25, -0.2) is 4.39 Å². The Hall–Kier alpha value is -1.43. The van der Waals surface area contributed by atoms with Crippen molar-refractivity contribution in [2.24, 2.45) is 11.8 Å². The molecule has 2 unspecified atom stereocenters. The lowest BCUT2D eigenvalue weighted by Crippen LogP contribution is -2.35. The van der Waals surface area contributed by atoms with Crippen molar-refractivity contribution in [2.45, 2.75) is 25.8 Å². The lowest BCUT2D eigenvalue weighted by atomic mass is 9.95. The maximum Gasteiger partial charge on any atom is 0.307 e. The third kappa shape index (κ3) is 3.36.